The molecule has 0 aromatic carbocycles. The lowest BCUT2D eigenvalue weighted by molar-refractivity contribution is -0.119. The van der Waals surface area contributed by atoms with Crippen LogP contribution < -0.4 is 10.6 Å². The number of hydrogen-bond acceptors (Lipinski definition) is 6. The molecule has 2 aliphatic rings. The van der Waals surface area contributed by atoms with Crippen LogP contribution in [0.5, 0.6) is 0 Å². The first-order valence-electron chi connectivity index (χ1n) is 8.82. The number of hydrogen-bond donors (Lipinski definition) is 1. The van der Waals surface area contributed by atoms with Crippen molar-refractivity contribution in [3.05, 3.63) is 18.2 Å². The van der Waals surface area contributed by atoms with Gasteiger partial charge in [-0.1, -0.05) is 0 Å². The normalized spacial score (nSPS) is 25.9. The van der Waals surface area contributed by atoms with E-state index in [0.717, 1.165) is 38.9 Å². The SMILES string of the molecule is COC1CN(c2ncc(F)cn2)CCC1C1CCN(CC(N)=O)CC1. The minimum Gasteiger partial charge on any atom is -0.379 e. The Morgan fingerprint density at radius 3 is 2.56 bits per heavy atom. The molecular formula is C17H26FN5O2. The Bertz CT molecular complexity index is 577. The molecule has 0 radical (unpaired) electrons. The van der Waals surface area contributed by atoms with Crippen LogP contribution in [0, 0.1) is 17.7 Å². The molecule has 2 saturated heterocycles. The van der Waals surface area contributed by atoms with Crippen LogP contribution in [0.2, 0.25) is 0 Å². The predicted molar refractivity (Wildman–Crippen MR) is 91.5 cm³/mol. The van der Waals surface area contributed by atoms with Crippen molar-refractivity contribution >= 4 is 11.9 Å². The van der Waals surface area contributed by atoms with Crippen molar-refractivity contribution in [1.82, 2.24) is 14.9 Å². The first-order chi connectivity index (χ1) is 12.1. The van der Waals surface area contributed by atoms with Crippen molar-refractivity contribution in [2.75, 3.05) is 44.7 Å². The largest absolute Gasteiger partial charge is 0.379 e. The Labute approximate surface area is 147 Å². The van der Waals surface area contributed by atoms with Gasteiger partial charge in [-0.05, 0) is 44.2 Å². The predicted octanol–water partition coefficient (Wildman–Crippen LogP) is 0.654. The van der Waals surface area contributed by atoms with Gasteiger partial charge >= 0.3 is 0 Å². The fraction of sp³-hybridized carbons (Fsp3) is 0.706. The first kappa shape index (κ1) is 18.0. The third-order valence-electron chi connectivity index (χ3n) is 5.42. The van der Waals surface area contributed by atoms with Crippen molar-refractivity contribution in [2.24, 2.45) is 17.6 Å². The van der Waals surface area contributed by atoms with E-state index in [1.165, 1.54) is 12.4 Å². The van der Waals surface area contributed by atoms with Gasteiger partial charge in [0.05, 0.1) is 25.0 Å². The number of carbonyl (C=O) groups is 1. The van der Waals surface area contributed by atoms with Crippen molar-refractivity contribution in [2.45, 2.75) is 25.4 Å². The van der Waals surface area contributed by atoms with E-state index in [4.69, 9.17) is 10.5 Å². The fourth-order valence-electron chi connectivity index (χ4n) is 4.13. The second-order valence-electron chi connectivity index (χ2n) is 6.95. The van der Waals surface area contributed by atoms with Crippen LogP contribution in [0.3, 0.4) is 0 Å². The Balaban J connectivity index is 1.57. The number of ether oxygens (including phenoxy) is 1. The number of anilines is 1. The van der Waals surface area contributed by atoms with Crippen molar-refractivity contribution in [3.63, 3.8) is 0 Å². The summed E-state index contributed by atoms with van der Waals surface area (Å²) >= 11 is 0. The van der Waals surface area contributed by atoms with Crippen LogP contribution in [-0.2, 0) is 9.53 Å². The monoisotopic (exact) mass is 351 g/mol. The maximum Gasteiger partial charge on any atom is 0.231 e. The number of amides is 1. The number of halogens is 1. The van der Waals surface area contributed by atoms with Gasteiger partial charge in [0.1, 0.15) is 0 Å². The second-order valence-corrected chi connectivity index (χ2v) is 6.95. The molecule has 2 fully saturated rings. The Kier molecular flexibility index (Phi) is 5.80. The molecule has 2 aliphatic heterocycles. The standard InChI is InChI=1S/C17H26FN5O2/c1-25-15-10-23(17-20-8-13(18)9-21-17)7-4-14(15)12-2-5-22(6-3-12)11-16(19)24/h8-9,12,14-15H,2-7,10-11H2,1H3,(H2,19,24). The number of rotatable bonds is 5. The highest BCUT2D eigenvalue weighted by atomic mass is 19.1. The second kappa shape index (κ2) is 8.05. The van der Waals surface area contributed by atoms with Crippen LogP contribution in [0.4, 0.5) is 10.3 Å². The quantitative estimate of drug-likeness (QED) is 0.839. The average Bonchev–Trinajstić information content (AvgIpc) is 2.62. The number of carbonyl (C=O) groups excluding carboxylic acids is 1. The summed E-state index contributed by atoms with van der Waals surface area (Å²) in [5.41, 5.74) is 5.28. The number of likely N-dealkylation sites (tertiary alicyclic amines) is 1. The Hall–Kier alpha value is -1.80. The maximum absolute atomic E-state index is 13.0. The van der Waals surface area contributed by atoms with E-state index < -0.39 is 5.82 Å². The number of nitrogens with two attached hydrogens (primary N) is 1. The molecule has 0 saturated carbocycles. The molecule has 1 aromatic rings. The molecule has 2 atom stereocenters. The summed E-state index contributed by atoms with van der Waals surface area (Å²) in [5, 5.41) is 0. The third kappa shape index (κ3) is 4.43. The van der Waals surface area contributed by atoms with Crippen LogP contribution in [0.25, 0.3) is 0 Å². The van der Waals surface area contributed by atoms with Gasteiger partial charge < -0.3 is 15.4 Å². The lowest BCUT2D eigenvalue weighted by Gasteiger charge is -2.43. The maximum atomic E-state index is 13.0. The number of piperidine rings is 2. The summed E-state index contributed by atoms with van der Waals surface area (Å²) < 4.78 is 18.8. The average molecular weight is 351 g/mol. The molecule has 3 heterocycles. The first-order valence-corrected chi connectivity index (χ1v) is 8.82. The number of nitrogens with zero attached hydrogens (tertiary/aromatic N) is 4. The van der Waals surface area contributed by atoms with E-state index in [-0.39, 0.29) is 12.0 Å². The van der Waals surface area contributed by atoms with Crippen molar-refractivity contribution in [1.29, 1.82) is 0 Å². The van der Waals surface area contributed by atoms with Gasteiger partial charge in [0.25, 0.3) is 0 Å². The lowest BCUT2D eigenvalue weighted by Crippen LogP contribution is -2.50. The molecule has 0 bridgehead atoms. The minimum absolute atomic E-state index is 0.107. The highest BCUT2D eigenvalue weighted by Gasteiger charge is 2.37. The van der Waals surface area contributed by atoms with Gasteiger partial charge in [0, 0.05) is 20.2 Å². The topological polar surface area (TPSA) is 84.6 Å². The fourth-order valence-corrected chi connectivity index (χ4v) is 4.13. The molecule has 7 nitrogen and oxygen atoms in total. The highest BCUT2D eigenvalue weighted by Crippen LogP contribution is 2.34. The highest BCUT2D eigenvalue weighted by molar-refractivity contribution is 5.75. The Morgan fingerprint density at radius 2 is 1.96 bits per heavy atom. The van der Waals surface area contributed by atoms with E-state index in [0.29, 0.717) is 30.9 Å². The third-order valence-corrected chi connectivity index (χ3v) is 5.42. The number of aromatic nitrogens is 2. The molecule has 0 aliphatic carbocycles. The number of primary amides is 1. The zero-order valence-electron chi connectivity index (χ0n) is 14.6. The van der Waals surface area contributed by atoms with Crippen LogP contribution in [-0.4, -0.2) is 66.7 Å². The van der Waals surface area contributed by atoms with E-state index in [1.807, 2.05) is 0 Å². The van der Waals surface area contributed by atoms with E-state index >= 15 is 0 Å². The summed E-state index contributed by atoms with van der Waals surface area (Å²) in [6, 6.07) is 0. The molecule has 1 aromatic heterocycles. The smallest absolute Gasteiger partial charge is 0.231 e. The molecule has 0 spiro atoms. The van der Waals surface area contributed by atoms with Crippen molar-refractivity contribution < 1.29 is 13.9 Å². The van der Waals surface area contributed by atoms with Crippen LogP contribution >= 0.6 is 0 Å². The summed E-state index contributed by atoms with van der Waals surface area (Å²) in [7, 11) is 1.74. The number of methoxy groups -OCH3 is 1. The van der Waals surface area contributed by atoms with Crippen LogP contribution in [0.1, 0.15) is 19.3 Å². The van der Waals surface area contributed by atoms with Gasteiger partial charge in [0.2, 0.25) is 11.9 Å². The molecule has 2 N–H and O–H groups in total. The molecule has 1 amide bonds. The van der Waals surface area contributed by atoms with Gasteiger partial charge in [-0.2, -0.15) is 0 Å². The summed E-state index contributed by atoms with van der Waals surface area (Å²) in [4.78, 5) is 23.4. The molecular weight excluding hydrogens is 325 g/mol. The van der Waals surface area contributed by atoms with E-state index in [1.54, 1.807) is 7.11 Å². The summed E-state index contributed by atoms with van der Waals surface area (Å²) in [6.45, 7) is 3.73. The van der Waals surface area contributed by atoms with E-state index in [9.17, 15) is 9.18 Å². The minimum atomic E-state index is -0.426. The molecule has 138 valence electrons. The van der Waals surface area contributed by atoms with Gasteiger partial charge in [0.15, 0.2) is 5.82 Å². The Morgan fingerprint density at radius 1 is 1.28 bits per heavy atom. The molecule has 8 heteroatoms. The molecule has 2 unspecified atom stereocenters. The molecule has 3 rings (SSSR count). The van der Waals surface area contributed by atoms with Gasteiger partial charge in [-0.25, -0.2) is 14.4 Å². The van der Waals surface area contributed by atoms with Crippen molar-refractivity contribution in [3.8, 4) is 0 Å². The summed E-state index contributed by atoms with van der Waals surface area (Å²) in [5.74, 6) is 0.937. The summed E-state index contributed by atoms with van der Waals surface area (Å²) in [6.07, 6.45) is 5.63. The van der Waals surface area contributed by atoms with E-state index in [2.05, 4.69) is 19.8 Å². The molecule has 25 heavy (non-hydrogen) atoms. The van der Waals surface area contributed by atoms with Gasteiger partial charge in [-0.15, -0.1) is 0 Å². The zero-order valence-corrected chi connectivity index (χ0v) is 14.6. The van der Waals surface area contributed by atoms with Crippen LogP contribution in [0.15, 0.2) is 12.4 Å². The lowest BCUT2D eigenvalue weighted by atomic mass is 9.77. The zero-order chi connectivity index (χ0) is 17.8. The van der Waals surface area contributed by atoms with Gasteiger partial charge in [-0.3, -0.25) is 9.69 Å².